The molecule has 0 aliphatic heterocycles. The summed E-state index contributed by atoms with van der Waals surface area (Å²) in [5.74, 6) is -0.942. The second kappa shape index (κ2) is 7.73. The van der Waals surface area contributed by atoms with Gasteiger partial charge in [-0.3, -0.25) is 9.69 Å². The van der Waals surface area contributed by atoms with Gasteiger partial charge in [-0.15, -0.1) is 0 Å². The molecule has 2 amide bonds. The summed E-state index contributed by atoms with van der Waals surface area (Å²) in [4.78, 5) is 24.9. The van der Waals surface area contributed by atoms with E-state index in [-0.39, 0.29) is 6.54 Å². The lowest BCUT2D eigenvalue weighted by molar-refractivity contribution is -0.140. The van der Waals surface area contributed by atoms with Crippen LogP contribution in [0.4, 0.5) is 18.0 Å². The highest BCUT2D eigenvalue weighted by Crippen LogP contribution is 2.38. The Kier molecular flexibility index (Phi) is 6.42. The van der Waals surface area contributed by atoms with Crippen LogP contribution in [0.25, 0.3) is 0 Å². The molecule has 1 aromatic carbocycles. The Hall–Kier alpha value is -2.29. The van der Waals surface area contributed by atoms with Crippen molar-refractivity contribution in [3.8, 4) is 0 Å². The van der Waals surface area contributed by atoms with E-state index < -0.39 is 47.5 Å². The number of hydrogen-bond acceptors (Lipinski definition) is 3. The number of halogens is 3. The molecule has 9 heteroatoms. The Balaban J connectivity index is 3.58. The van der Waals surface area contributed by atoms with Crippen LogP contribution < -0.4 is 5.32 Å². The fraction of sp³-hybridized carbons (Fsp3) is 0.500. The summed E-state index contributed by atoms with van der Waals surface area (Å²) in [5, 5.41) is 20.6. The number of nitrogens with zero attached hydrogens (tertiary/aromatic N) is 1. The molecule has 0 saturated carbocycles. The number of aliphatic hydroxyl groups is 1. The predicted octanol–water partition coefficient (Wildman–Crippen LogP) is 2.63. The number of carbonyl (C=O) groups excluding carboxylic acids is 1. The van der Waals surface area contributed by atoms with Gasteiger partial charge < -0.3 is 15.5 Å². The molecule has 1 atom stereocenters. The molecule has 1 unspecified atom stereocenters. The molecule has 3 N–H and O–H groups in total. The Labute approximate surface area is 143 Å². The number of amides is 2. The zero-order chi connectivity index (χ0) is 19.4. The smallest absolute Gasteiger partial charge is 0.416 e. The van der Waals surface area contributed by atoms with Crippen LogP contribution in [-0.4, -0.2) is 45.8 Å². The first-order valence-electron chi connectivity index (χ1n) is 7.48. The molecule has 140 valence electrons. The minimum absolute atomic E-state index is 0.207. The molecule has 0 aliphatic carbocycles. The molecule has 1 aromatic rings. The standard InChI is InChI=1S/C16H21F3N2O4/c1-15(2,3)21(14(24)25)12(13(23)20-8-9-22)10-6-4-5-7-11(10)16(17,18)19/h4-7,12,22H,8-9H2,1-3H3,(H,20,23)(H,24,25). The van der Waals surface area contributed by atoms with E-state index in [1.807, 2.05) is 0 Å². The van der Waals surface area contributed by atoms with Crippen molar-refractivity contribution < 1.29 is 33.0 Å². The summed E-state index contributed by atoms with van der Waals surface area (Å²) >= 11 is 0. The molecular formula is C16H21F3N2O4. The molecule has 0 heterocycles. The van der Waals surface area contributed by atoms with Gasteiger partial charge >= 0.3 is 12.3 Å². The predicted molar refractivity (Wildman–Crippen MR) is 83.9 cm³/mol. The highest BCUT2D eigenvalue weighted by atomic mass is 19.4. The molecule has 0 radical (unpaired) electrons. The number of carboxylic acid groups (broad SMARTS) is 1. The maximum absolute atomic E-state index is 13.3. The van der Waals surface area contributed by atoms with Gasteiger partial charge in [-0.05, 0) is 32.4 Å². The van der Waals surface area contributed by atoms with Gasteiger partial charge in [0.1, 0.15) is 6.04 Å². The largest absolute Gasteiger partial charge is 0.465 e. The van der Waals surface area contributed by atoms with Gasteiger partial charge in [0.15, 0.2) is 0 Å². The van der Waals surface area contributed by atoms with E-state index in [2.05, 4.69) is 5.32 Å². The number of rotatable bonds is 5. The lowest BCUT2D eigenvalue weighted by atomic mass is 9.94. The van der Waals surface area contributed by atoms with E-state index in [1.165, 1.54) is 26.8 Å². The molecule has 6 nitrogen and oxygen atoms in total. The van der Waals surface area contributed by atoms with Crippen LogP contribution in [0.5, 0.6) is 0 Å². The second-order valence-electron chi connectivity index (χ2n) is 6.33. The monoisotopic (exact) mass is 362 g/mol. The van der Waals surface area contributed by atoms with Crippen molar-refractivity contribution in [1.82, 2.24) is 10.2 Å². The Bertz CT molecular complexity index is 627. The lowest BCUT2D eigenvalue weighted by Crippen LogP contribution is -2.52. The molecule has 0 bridgehead atoms. The van der Waals surface area contributed by atoms with Crippen molar-refractivity contribution in [3.05, 3.63) is 35.4 Å². The quantitative estimate of drug-likeness (QED) is 0.751. The minimum atomic E-state index is -4.76. The molecule has 0 saturated heterocycles. The zero-order valence-electron chi connectivity index (χ0n) is 14.1. The van der Waals surface area contributed by atoms with Gasteiger partial charge in [-0.25, -0.2) is 4.79 Å². The van der Waals surface area contributed by atoms with Crippen LogP contribution in [-0.2, 0) is 11.0 Å². The zero-order valence-corrected chi connectivity index (χ0v) is 14.1. The first-order chi connectivity index (χ1) is 11.4. The van der Waals surface area contributed by atoms with Crippen molar-refractivity contribution in [3.63, 3.8) is 0 Å². The first-order valence-corrected chi connectivity index (χ1v) is 7.48. The average Bonchev–Trinajstić information content (AvgIpc) is 2.47. The van der Waals surface area contributed by atoms with E-state index in [4.69, 9.17) is 5.11 Å². The van der Waals surface area contributed by atoms with E-state index in [0.717, 1.165) is 18.2 Å². The molecule has 25 heavy (non-hydrogen) atoms. The van der Waals surface area contributed by atoms with Crippen molar-refractivity contribution in [2.75, 3.05) is 13.2 Å². The van der Waals surface area contributed by atoms with E-state index in [1.54, 1.807) is 0 Å². The first kappa shape index (κ1) is 20.8. The molecule has 0 spiro atoms. The van der Waals surface area contributed by atoms with Gasteiger partial charge in [0.05, 0.1) is 12.2 Å². The number of hydrogen-bond donors (Lipinski definition) is 3. The van der Waals surface area contributed by atoms with Crippen molar-refractivity contribution in [2.45, 2.75) is 38.5 Å². The molecular weight excluding hydrogens is 341 g/mol. The van der Waals surface area contributed by atoms with Crippen LogP contribution in [0.3, 0.4) is 0 Å². The number of aliphatic hydroxyl groups excluding tert-OH is 1. The summed E-state index contributed by atoms with van der Waals surface area (Å²) in [5.41, 5.74) is -2.71. The summed E-state index contributed by atoms with van der Waals surface area (Å²) in [6, 6.07) is 2.62. The summed E-state index contributed by atoms with van der Waals surface area (Å²) in [7, 11) is 0. The number of nitrogens with one attached hydrogen (secondary N) is 1. The SMILES string of the molecule is CC(C)(C)N(C(=O)O)C(C(=O)NCCO)c1ccccc1C(F)(F)F. The van der Waals surface area contributed by atoms with Crippen molar-refractivity contribution in [2.24, 2.45) is 0 Å². The fourth-order valence-corrected chi connectivity index (χ4v) is 2.45. The number of benzene rings is 1. The second-order valence-corrected chi connectivity index (χ2v) is 6.33. The van der Waals surface area contributed by atoms with Gasteiger partial charge in [0, 0.05) is 12.1 Å². The minimum Gasteiger partial charge on any atom is -0.465 e. The third kappa shape index (κ3) is 5.09. The summed E-state index contributed by atoms with van der Waals surface area (Å²) in [6.45, 7) is 3.79. The van der Waals surface area contributed by atoms with Crippen LogP contribution in [0.2, 0.25) is 0 Å². The van der Waals surface area contributed by atoms with Gasteiger partial charge in [-0.2, -0.15) is 13.2 Å². The Morgan fingerprint density at radius 3 is 2.20 bits per heavy atom. The van der Waals surface area contributed by atoms with E-state index in [9.17, 15) is 27.9 Å². The molecule has 0 aromatic heterocycles. The lowest BCUT2D eigenvalue weighted by Gasteiger charge is -2.39. The Morgan fingerprint density at radius 1 is 1.20 bits per heavy atom. The van der Waals surface area contributed by atoms with Gasteiger partial charge in [-0.1, -0.05) is 18.2 Å². The highest BCUT2D eigenvalue weighted by Gasteiger charge is 2.43. The topological polar surface area (TPSA) is 89.9 Å². The maximum atomic E-state index is 13.3. The molecule has 0 fully saturated rings. The van der Waals surface area contributed by atoms with Gasteiger partial charge in [0.25, 0.3) is 0 Å². The van der Waals surface area contributed by atoms with Crippen LogP contribution in [0.15, 0.2) is 24.3 Å². The van der Waals surface area contributed by atoms with Crippen LogP contribution in [0, 0.1) is 0 Å². The van der Waals surface area contributed by atoms with Crippen LogP contribution in [0.1, 0.15) is 37.9 Å². The Morgan fingerprint density at radius 2 is 1.76 bits per heavy atom. The number of alkyl halides is 3. The average molecular weight is 362 g/mol. The third-order valence-corrected chi connectivity index (χ3v) is 3.41. The van der Waals surface area contributed by atoms with E-state index >= 15 is 0 Å². The van der Waals surface area contributed by atoms with Crippen molar-refractivity contribution in [1.29, 1.82) is 0 Å². The summed E-state index contributed by atoms with van der Waals surface area (Å²) < 4.78 is 40.0. The van der Waals surface area contributed by atoms with Crippen LogP contribution >= 0.6 is 0 Å². The van der Waals surface area contributed by atoms with Gasteiger partial charge in [0.2, 0.25) is 5.91 Å². The number of carbonyl (C=O) groups is 2. The highest BCUT2D eigenvalue weighted by molar-refractivity contribution is 5.87. The molecule has 1 rings (SSSR count). The normalized spacial score (nSPS) is 13.2. The molecule has 0 aliphatic rings. The maximum Gasteiger partial charge on any atom is 0.416 e. The van der Waals surface area contributed by atoms with E-state index in [0.29, 0.717) is 4.90 Å². The third-order valence-electron chi connectivity index (χ3n) is 3.41. The van der Waals surface area contributed by atoms with Crippen molar-refractivity contribution >= 4 is 12.0 Å². The summed E-state index contributed by atoms with van der Waals surface area (Å²) in [6.07, 6.45) is -6.29. The fourth-order valence-electron chi connectivity index (χ4n) is 2.45.